The van der Waals surface area contributed by atoms with Crippen molar-refractivity contribution < 1.29 is 4.12 Å². The summed E-state index contributed by atoms with van der Waals surface area (Å²) in [5, 5.41) is 0. The Morgan fingerprint density at radius 1 is 0.722 bits per heavy atom. The molecule has 0 radical (unpaired) electrons. The molecule has 0 aromatic rings. The van der Waals surface area contributed by atoms with Gasteiger partial charge in [0.1, 0.15) is 10.5 Å². The molecule has 0 atom stereocenters. The van der Waals surface area contributed by atoms with Gasteiger partial charge in [-0.2, -0.15) is 0 Å². The van der Waals surface area contributed by atoms with E-state index in [1.165, 1.54) is 38.5 Å². The monoisotopic (exact) mass is 286 g/mol. The lowest BCUT2D eigenvalue weighted by atomic mass is 9.73. The summed E-state index contributed by atoms with van der Waals surface area (Å²) in [6, 6.07) is 0. The maximum Gasteiger partial charge on any atom is 0.169 e. The van der Waals surface area contributed by atoms with Crippen LogP contribution in [-0.2, 0) is 4.12 Å². The van der Waals surface area contributed by atoms with E-state index >= 15 is 0 Å². The summed E-state index contributed by atoms with van der Waals surface area (Å²) in [5.41, 5.74) is 0. The topological polar surface area (TPSA) is 9.23 Å². The van der Waals surface area contributed by atoms with Gasteiger partial charge in [-0.15, -0.1) is 0 Å². The van der Waals surface area contributed by atoms with Crippen molar-refractivity contribution in [3.8, 4) is 0 Å². The molecule has 0 spiro atoms. The Morgan fingerprint density at radius 3 is 1.22 bits per heavy atom. The third-order valence-electron chi connectivity index (χ3n) is 4.58. The SMILES string of the molecule is C1CCC(C2CCCCC2)CC1.C[Si](C)(C)O[SiH3]. The van der Waals surface area contributed by atoms with Gasteiger partial charge in [-0.05, 0) is 31.5 Å². The molecule has 18 heavy (non-hydrogen) atoms. The van der Waals surface area contributed by atoms with Gasteiger partial charge in [0.05, 0.1) is 0 Å². The van der Waals surface area contributed by atoms with Gasteiger partial charge in [-0.25, -0.2) is 0 Å². The first-order chi connectivity index (χ1) is 8.53. The summed E-state index contributed by atoms with van der Waals surface area (Å²) >= 11 is 0. The molecular formula is C15H34OSi2. The normalized spacial score (nSPS) is 23.5. The maximum absolute atomic E-state index is 5.22. The Balaban J connectivity index is 0.000000232. The van der Waals surface area contributed by atoms with E-state index in [1.807, 2.05) is 0 Å². The summed E-state index contributed by atoms with van der Waals surface area (Å²) in [7, 11) is -0.160. The van der Waals surface area contributed by atoms with Crippen molar-refractivity contribution in [3.05, 3.63) is 0 Å². The van der Waals surface area contributed by atoms with E-state index in [-0.39, 0.29) is 0 Å². The predicted molar refractivity (Wildman–Crippen MR) is 87.5 cm³/mol. The quantitative estimate of drug-likeness (QED) is 0.689. The molecule has 2 aliphatic carbocycles. The Labute approximate surface area is 119 Å². The summed E-state index contributed by atoms with van der Waals surface area (Å²) in [5.74, 6) is 2.28. The fourth-order valence-corrected chi connectivity index (χ4v) is 3.21. The first-order valence-electron chi connectivity index (χ1n) is 8.08. The Kier molecular flexibility index (Phi) is 7.81. The smallest absolute Gasteiger partial charge is 0.169 e. The van der Waals surface area contributed by atoms with E-state index in [1.54, 1.807) is 25.7 Å². The molecule has 0 saturated heterocycles. The van der Waals surface area contributed by atoms with Gasteiger partial charge in [0.15, 0.2) is 8.32 Å². The molecule has 1 nitrogen and oxygen atoms in total. The summed E-state index contributed by atoms with van der Waals surface area (Å²) in [4.78, 5) is 0. The van der Waals surface area contributed by atoms with E-state index in [9.17, 15) is 0 Å². The molecular weight excluding hydrogens is 252 g/mol. The average Bonchev–Trinajstić information content (AvgIpc) is 2.41. The molecule has 3 heteroatoms. The van der Waals surface area contributed by atoms with Gasteiger partial charge in [0.25, 0.3) is 0 Å². The van der Waals surface area contributed by atoms with Gasteiger partial charge in [0, 0.05) is 0 Å². The minimum Gasteiger partial charge on any atom is -0.464 e. The molecule has 0 heterocycles. The molecule has 2 saturated carbocycles. The van der Waals surface area contributed by atoms with E-state index in [0.717, 1.165) is 22.3 Å². The van der Waals surface area contributed by atoms with Crippen LogP contribution in [0.15, 0.2) is 0 Å². The van der Waals surface area contributed by atoms with Crippen LogP contribution in [0.25, 0.3) is 0 Å². The minimum absolute atomic E-state index is 0.910. The summed E-state index contributed by atoms with van der Waals surface area (Å²) in [6.07, 6.45) is 15.4. The predicted octanol–water partition coefficient (Wildman–Crippen LogP) is 4.27. The van der Waals surface area contributed by atoms with Gasteiger partial charge in [-0.3, -0.25) is 0 Å². The molecule has 0 amide bonds. The fourth-order valence-electron chi connectivity index (χ4n) is 3.21. The van der Waals surface area contributed by atoms with Crippen LogP contribution in [0.3, 0.4) is 0 Å². The number of hydrogen-bond acceptors (Lipinski definition) is 1. The molecule has 108 valence electrons. The van der Waals surface area contributed by atoms with Gasteiger partial charge < -0.3 is 4.12 Å². The van der Waals surface area contributed by atoms with Crippen molar-refractivity contribution in [3.63, 3.8) is 0 Å². The molecule has 2 rings (SSSR count). The van der Waals surface area contributed by atoms with Crippen molar-refractivity contribution in [1.29, 1.82) is 0 Å². The van der Waals surface area contributed by atoms with Crippen LogP contribution < -0.4 is 0 Å². The van der Waals surface area contributed by atoms with Crippen molar-refractivity contribution >= 4 is 18.8 Å². The molecule has 2 fully saturated rings. The van der Waals surface area contributed by atoms with Crippen LogP contribution >= 0.6 is 0 Å². The highest BCUT2D eigenvalue weighted by atomic mass is 28.4. The highest BCUT2D eigenvalue weighted by Gasteiger charge is 2.24. The van der Waals surface area contributed by atoms with Crippen molar-refractivity contribution in [2.75, 3.05) is 0 Å². The largest absolute Gasteiger partial charge is 0.464 e. The third-order valence-corrected chi connectivity index (χ3v) is 9.48. The van der Waals surface area contributed by atoms with Gasteiger partial charge >= 0.3 is 0 Å². The van der Waals surface area contributed by atoms with E-state index in [0.29, 0.717) is 0 Å². The van der Waals surface area contributed by atoms with Crippen molar-refractivity contribution in [2.45, 2.75) is 83.8 Å². The molecule has 0 unspecified atom stereocenters. The van der Waals surface area contributed by atoms with Crippen LogP contribution in [0.1, 0.15) is 64.2 Å². The maximum atomic E-state index is 5.22. The first-order valence-corrected chi connectivity index (χ1v) is 12.3. The molecule has 0 aliphatic heterocycles. The molecule has 0 aromatic carbocycles. The van der Waals surface area contributed by atoms with Crippen molar-refractivity contribution in [1.82, 2.24) is 0 Å². The summed E-state index contributed by atoms with van der Waals surface area (Å²) in [6.45, 7) is 6.58. The second kappa shape index (κ2) is 8.54. The summed E-state index contributed by atoms with van der Waals surface area (Å²) < 4.78 is 5.22. The lowest BCUT2D eigenvalue weighted by molar-refractivity contribution is 0.196. The Bertz CT molecular complexity index is 185. The Morgan fingerprint density at radius 2 is 1.00 bits per heavy atom. The first kappa shape index (κ1) is 16.4. The third kappa shape index (κ3) is 7.10. The zero-order valence-electron chi connectivity index (χ0n) is 13.1. The zero-order chi connectivity index (χ0) is 13.4. The van der Waals surface area contributed by atoms with Crippen LogP contribution in [-0.4, -0.2) is 18.8 Å². The standard InChI is InChI=1S/C12H22.C3H12OSi2/c1-3-7-11(8-4-1)12-9-5-2-6-10-12;1-6(2,3)4-5/h11-12H,1-10H2;1-3,5H3. The highest BCUT2D eigenvalue weighted by Crippen LogP contribution is 2.37. The molecule has 0 aromatic heterocycles. The molecule has 2 aliphatic rings. The van der Waals surface area contributed by atoms with Crippen LogP contribution in [0.5, 0.6) is 0 Å². The number of hydrogen-bond donors (Lipinski definition) is 0. The van der Waals surface area contributed by atoms with Gasteiger partial charge in [-0.1, -0.05) is 64.2 Å². The van der Waals surface area contributed by atoms with E-state index in [4.69, 9.17) is 4.12 Å². The minimum atomic E-state index is -1.07. The average molecular weight is 287 g/mol. The zero-order valence-corrected chi connectivity index (χ0v) is 16.1. The van der Waals surface area contributed by atoms with Gasteiger partial charge in [0.2, 0.25) is 0 Å². The van der Waals surface area contributed by atoms with E-state index < -0.39 is 8.32 Å². The Hall–Kier alpha value is 0.394. The second-order valence-electron chi connectivity index (χ2n) is 7.11. The van der Waals surface area contributed by atoms with Crippen molar-refractivity contribution in [2.24, 2.45) is 11.8 Å². The number of rotatable bonds is 2. The van der Waals surface area contributed by atoms with E-state index in [2.05, 4.69) is 19.6 Å². The fraction of sp³-hybridized carbons (Fsp3) is 1.00. The second-order valence-corrected chi connectivity index (χ2v) is 13.0. The lowest BCUT2D eigenvalue weighted by Gasteiger charge is -2.32. The van der Waals surface area contributed by atoms with Crippen LogP contribution in [0.4, 0.5) is 0 Å². The highest BCUT2D eigenvalue weighted by molar-refractivity contribution is 6.72. The van der Waals surface area contributed by atoms with Crippen LogP contribution in [0.2, 0.25) is 19.6 Å². The lowest BCUT2D eigenvalue weighted by Crippen LogP contribution is -2.23. The molecule has 0 bridgehead atoms. The van der Waals surface area contributed by atoms with Crippen LogP contribution in [0, 0.1) is 11.8 Å². The molecule has 0 N–H and O–H groups in total.